The van der Waals surface area contributed by atoms with Crippen molar-refractivity contribution >= 4 is 0 Å². The normalized spacial score (nSPS) is 15.4. The van der Waals surface area contributed by atoms with Crippen LogP contribution in [0.2, 0.25) is 0 Å². The summed E-state index contributed by atoms with van der Waals surface area (Å²) in [5, 5.41) is 18.0. The second-order valence-electron chi connectivity index (χ2n) is 3.87. The standard InChI is InChI=1S/C10H19N3O/c1-4-6-10(3,14)9-8-11-12-13(9)7-5-2/h8,14H,4-7H2,1-3H3. The van der Waals surface area contributed by atoms with Gasteiger partial charge in [-0.2, -0.15) is 0 Å². The molecule has 0 aliphatic heterocycles. The first kappa shape index (κ1) is 11.2. The first-order valence-electron chi connectivity index (χ1n) is 5.23. The van der Waals surface area contributed by atoms with Crippen molar-refractivity contribution in [2.45, 2.75) is 52.2 Å². The summed E-state index contributed by atoms with van der Waals surface area (Å²) in [7, 11) is 0. The lowest BCUT2D eigenvalue weighted by Crippen LogP contribution is -2.25. The molecule has 1 N–H and O–H groups in total. The minimum absolute atomic E-state index is 0.740. The third-order valence-electron chi connectivity index (χ3n) is 2.34. The van der Waals surface area contributed by atoms with Crippen LogP contribution in [0.5, 0.6) is 0 Å². The van der Waals surface area contributed by atoms with E-state index >= 15 is 0 Å². The minimum atomic E-state index is -0.798. The van der Waals surface area contributed by atoms with E-state index in [0.717, 1.165) is 31.5 Å². The average molecular weight is 197 g/mol. The first-order chi connectivity index (χ1) is 6.61. The van der Waals surface area contributed by atoms with Crippen LogP contribution in [0.4, 0.5) is 0 Å². The molecule has 1 unspecified atom stereocenters. The van der Waals surface area contributed by atoms with Crippen LogP contribution < -0.4 is 0 Å². The van der Waals surface area contributed by atoms with Crippen LogP contribution in [0.15, 0.2) is 6.20 Å². The fraction of sp³-hybridized carbons (Fsp3) is 0.800. The summed E-state index contributed by atoms with van der Waals surface area (Å²) in [5.41, 5.74) is 0.0224. The van der Waals surface area contributed by atoms with Gasteiger partial charge in [0.05, 0.1) is 11.9 Å². The van der Waals surface area contributed by atoms with Gasteiger partial charge in [0.2, 0.25) is 0 Å². The van der Waals surface area contributed by atoms with E-state index in [-0.39, 0.29) is 0 Å². The van der Waals surface area contributed by atoms with Gasteiger partial charge in [0.1, 0.15) is 5.60 Å². The molecule has 1 atom stereocenters. The van der Waals surface area contributed by atoms with Gasteiger partial charge in [-0.3, -0.25) is 0 Å². The number of hydrogen-bond donors (Lipinski definition) is 1. The van der Waals surface area contributed by atoms with Gasteiger partial charge in [0, 0.05) is 6.54 Å². The minimum Gasteiger partial charge on any atom is -0.384 e. The van der Waals surface area contributed by atoms with Crippen molar-refractivity contribution in [3.63, 3.8) is 0 Å². The molecule has 1 aromatic heterocycles. The van der Waals surface area contributed by atoms with E-state index in [1.807, 2.05) is 6.92 Å². The van der Waals surface area contributed by atoms with Gasteiger partial charge in [-0.05, 0) is 19.8 Å². The van der Waals surface area contributed by atoms with Gasteiger partial charge in [0.25, 0.3) is 0 Å². The van der Waals surface area contributed by atoms with E-state index in [9.17, 15) is 5.11 Å². The Morgan fingerprint density at radius 3 is 2.71 bits per heavy atom. The summed E-state index contributed by atoms with van der Waals surface area (Å²) in [5.74, 6) is 0. The number of rotatable bonds is 5. The molecule has 4 nitrogen and oxygen atoms in total. The number of nitrogens with zero attached hydrogens (tertiary/aromatic N) is 3. The molecule has 14 heavy (non-hydrogen) atoms. The molecule has 0 aliphatic rings. The fourth-order valence-electron chi connectivity index (χ4n) is 1.67. The maximum Gasteiger partial charge on any atom is 0.105 e. The van der Waals surface area contributed by atoms with Gasteiger partial charge in [0.15, 0.2) is 0 Å². The van der Waals surface area contributed by atoms with E-state index in [4.69, 9.17) is 0 Å². The lowest BCUT2D eigenvalue weighted by molar-refractivity contribution is 0.0374. The second kappa shape index (κ2) is 4.55. The van der Waals surface area contributed by atoms with E-state index in [1.54, 1.807) is 10.9 Å². The van der Waals surface area contributed by atoms with Crippen LogP contribution >= 0.6 is 0 Å². The predicted octanol–water partition coefficient (Wildman–Crippen LogP) is 1.70. The number of aromatic nitrogens is 3. The van der Waals surface area contributed by atoms with E-state index in [0.29, 0.717) is 0 Å². The molecule has 0 amide bonds. The van der Waals surface area contributed by atoms with Gasteiger partial charge in [-0.25, -0.2) is 4.68 Å². The van der Waals surface area contributed by atoms with Crippen LogP contribution in [0.3, 0.4) is 0 Å². The molecule has 0 bridgehead atoms. The molecule has 1 aromatic rings. The largest absolute Gasteiger partial charge is 0.384 e. The van der Waals surface area contributed by atoms with Crippen LogP contribution in [0.1, 0.15) is 45.7 Å². The SMILES string of the molecule is CCCn1nncc1C(C)(O)CCC. The summed E-state index contributed by atoms with van der Waals surface area (Å²) < 4.78 is 1.79. The van der Waals surface area contributed by atoms with Gasteiger partial charge < -0.3 is 5.11 Å². The number of aliphatic hydroxyl groups is 1. The van der Waals surface area contributed by atoms with E-state index in [2.05, 4.69) is 24.2 Å². The molecule has 0 spiro atoms. The molecule has 80 valence electrons. The van der Waals surface area contributed by atoms with Crippen molar-refractivity contribution < 1.29 is 5.11 Å². The summed E-state index contributed by atoms with van der Waals surface area (Å²) in [6, 6.07) is 0. The molecule has 0 saturated heterocycles. The lowest BCUT2D eigenvalue weighted by atomic mass is 9.97. The van der Waals surface area contributed by atoms with E-state index in [1.165, 1.54) is 0 Å². The zero-order valence-electron chi connectivity index (χ0n) is 9.19. The average Bonchev–Trinajstić information content (AvgIpc) is 2.53. The highest BCUT2D eigenvalue weighted by Crippen LogP contribution is 2.24. The Hall–Kier alpha value is -0.900. The van der Waals surface area contributed by atoms with Crippen LogP contribution in [-0.2, 0) is 12.1 Å². The molecule has 1 heterocycles. The molecule has 0 saturated carbocycles. The Morgan fingerprint density at radius 2 is 2.14 bits per heavy atom. The summed E-state index contributed by atoms with van der Waals surface area (Å²) in [4.78, 5) is 0. The van der Waals surface area contributed by atoms with Crippen molar-refractivity contribution in [1.29, 1.82) is 0 Å². The van der Waals surface area contributed by atoms with Crippen molar-refractivity contribution in [3.8, 4) is 0 Å². The molecule has 0 aromatic carbocycles. The third-order valence-corrected chi connectivity index (χ3v) is 2.34. The molecule has 0 fully saturated rings. The van der Waals surface area contributed by atoms with Crippen LogP contribution in [-0.4, -0.2) is 20.1 Å². The highest BCUT2D eigenvalue weighted by molar-refractivity contribution is 5.06. The highest BCUT2D eigenvalue weighted by atomic mass is 16.3. The highest BCUT2D eigenvalue weighted by Gasteiger charge is 2.26. The summed E-state index contributed by atoms with van der Waals surface area (Å²) in [6.45, 7) is 6.78. The van der Waals surface area contributed by atoms with Crippen molar-refractivity contribution in [2.24, 2.45) is 0 Å². The Balaban J connectivity index is 2.87. The van der Waals surface area contributed by atoms with Crippen molar-refractivity contribution in [3.05, 3.63) is 11.9 Å². The summed E-state index contributed by atoms with van der Waals surface area (Å²) >= 11 is 0. The Kier molecular flexibility index (Phi) is 3.63. The van der Waals surface area contributed by atoms with Gasteiger partial charge in [-0.1, -0.05) is 25.5 Å². The quantitative estimate of drug-likeness (QED) is 0.781. The van der Waals surface area contributed by atoms with E-state index < -0.39 is 5.60 Å². The molecular weight excluding hydrogens is 178 g/mol. The van der Waals surface area contributed by atoms with Gasteiger partial charge >= 0.3 is 0 Å². The molecule has 0 radical (unpaired) electrons. The summed E-state index contributed by atoms with van der Waals surface area (Å²) in [6.07, 6.45) is 4.35. The predicted molar refractivity (Wildman–Crippen MR) is 54.8 cm³/mol. The van der Waals surface area contributed by atoms with Gasteiger partial charge in [-0.15, -0.1) is 5.10 Å². The first-order valence-corrected chi connectivity index (χ1v) is 5.23. The maximum absolute atomic E-state index is 10.2. The molecule has 0 aliphatic carbocycles. The third kappa shape index (κ3) is 2.32. The monoisotopic (exact) mass is 197 g/mol. The Morgan fingerprint density at radius 1 is 1.43 bits per heavy atom. The molecular formula is C10H19N3O. The van der Waals surface area contributed by atoms with Crippen LogP contribution in [0, 0.1) is 0 Å². The topological polar surface area (TPSA) is 50.9 Å². The lowest BCUT2D eigenvalue weighted by Gasteiger charge is -2.22. The zero-order chi connectivity index (χ0) is 10.6. The number of hydrogen-bond acceptors (Lipinski definition) is 3. The smallest absolute Gasteiger partial charge is 0.105 e. The second-order valence-corrected chi connectivity index (χ2v) is 3.87. The Labute approximate surface area is 84.9 Å². The Bertz CT molecular complexity index is 281. The number of aryl methyl sites for hydroxylation is 1. The fourth-order valence-corrected chi connectivity index (χ4v) is 1.67. The van der Waals surface area contributed by atoms with Crippen LogP contribution in [0.25, 0.3) is 0 Å². The van der Waals surface area contributed by atoms with Crippen molar-refractivity contribution in [1.82, 2.24) is 15.0 Å². The zero-order valence-corrected chi connectivity index (χ0v) is 9.19. The molecule has 1 rings (SSSR count). The van der Waals surface area contributed by atoms with Crippen molar-refractivity contribution in [2.75, 3.05) is 0 Å². The molecule has 4 heteroatoms. The maximum atomic E-state index is 10.2.